The molecule has 116 valence electrons. The van der Waals surface area contributed by atoms with Crippen molar-refractivity contribution in [3.8, 4) is 0 Å². The number of aromatic nitrogens is 1. The maximum atomic E-state index is 12.3. The quantitative estimate of drug-likeness (QED) is 0.887. The number of nitrogens with zero attached hydrogens (tertiary/aromatic N) is 3. The maximum absolute atomic E-state index is 12.3. The molecule has 1 fully saturated rings. The Balaban J connectivity index is 2.07. The third-order valence-corrected chi connectivity index (χ3v) is 3.57. The summed E-state index contributed by atoms with van der Waals surface area (Å²) in [4.78, 5) is 18.3. The van der Waals surface area contributed by atoms with Gasteiger partial charge in [0.1, 0.15) is 11.4 Å². The van der Waals surface area contributed by atoms with E-state index < -0.39 is 18.7 Å². The van der Waals surface area contributed by atoms with Crippen molar-refractivity contribution in [2.45, 2.75) is 6.18 Å². The van der Waals surface area contributed by atoms with E-state index in [-0.39, 0.29) is 24.5 Å². The SMILES string of the molecule is O=C(O)c1cc(Br)cnc1N1CCN(CC(F)(F)F)CC1. The minimum absolute atomic E-state index is 0.0358. The third kappa shape index (κ3) is 4.31. The first kappa shape index (κ1) is 16.0. The Bertz CT molecular complexity index is 531. The molecule has 1 aliphatic rings. The molecule has 1 aliphatic heterocycles. The number of aromatic carboxylic acids is 1. The molecule has 5 nitrogen and oxygen atoms in total. The van der Waals surface area contributed by atoms with Crippen LogP contribution in [0.15, 0.2) is 16.7 Å². The second-order valence-corrected chi connectivity index (χ2v) is 5.62. The van der Waals surface area contributed by atoms with E-state index >= 15 is 0 Å². The summed E-state index contributed by atoms with van der Waals surface area (Å²) in [6.07, 6.45) is -2.74. The molecule has 0 atom stereocenters. The number of rotatable bonds is 3. The lowest BCUT2D eigenvalue weighted by Gasteiger charge is -2.36. The number of halogens is 4. The summed E-state index contributed by atoms with van der Waals surface area (Å²) < 4.78 is 37.5. The molecule has 0 spiro atoms. The van der Waals surface area contributed by atoms with Crippen molar-refractivity contribution >= 4 is 27.7 Å². The molecule has 0 unspecified atom stereocenters. The zero-order chi connectivity index (χ0) is 15.6. The first-order valence-corrected chi connectivity index (χ1v) is 6.98. The number of piperazine rings is 1. The minimum Gasteiger partial charge on any atom is -0.478 e. The maximum Gasteiger partial charge on any atom is 0.401 e. The minimum atomic E-state index is -4.22. The zero-order valence-electron chi connectivity index (χ0n) is 10.9. The van der Waals surface area contributed by atoms with Crippen LogP contribution in [0.2, 0.25) is 0 Å². The van der Waals surface area contributed by atoms with E-state index in [0.29, 0.717) is 17.6 Å². The molecular weight excluding hydrogens is 355 g/mol. The van der Waals surface area contributed by atoms with Crippen LogP contribution in [0.3, 0.4) is 0 Å². The van der Waals surface area contributed by atoms with Crippen LogP contribution in [-0.4, -0.2) is 59.9 Å². The molecule has 0 radical (unpaired) electrons. The molecule has 2 rings (SSSR count). The van der Waals surface area contributed by atoms with E-state index in [1.807, 2.05) is 0 Å². The molecule has 1 saturated heterocycles. The lowest BCUT2D eigenvalue weighted by molar-refractivity contribution is -0.146. The van der Waals surface area contributed by atoms with Gasteiger partial charge in [0, 0.05) is 36.8 Å². The molecule has 0 aromatic carbocycles. The third-order valence-electron chi connectivity index (χ3n) is 3.14. The summed E-state index contributed by atoms with van der Waals surface area (Å²) in [5, 5.41) is 9.18. The molecule has 9 heteroatoms. The summed E-state index contributed by atoms with van der Waals surface area (Å²) in [6, 6.07) is 1.44. The van der Waals surface area contributed by atoms with Gasteiger partial charge in [0.25, 0.3) is 0 Å². The molecule has 1 aromatic heterocycles. The monoisotopic (exact) mass is 367 g/mol. The van der Waals surface area contributed by atoms with E-state index in [9.17, 15) is 23.1 Å². The van der Waals surface area contributed by atoms with E-state index in [2.05, 4.69) is 20.9 Å². The van der Waals surface area contributed by atoms with Gasteiger partial charge < -0.3 is 10.0 Å². The molecule has 21 heavy (non-hydrogen) atoms. The number of pyridine rings is 1. The molecule has 2 heterocycles. The number of carboxylic acids is 1. The summed E-state index contributed by atoms with van der Waals surface area (Å²) in [5.74, 6) is -0.825. The second-order valence-electron chi connectivity index (χ2n) is 4.71. The van der Waals surface area contributed by atoms with E-state index in [1.54, 1.807) is 4.90 Å². The predicted molar refractivity (Wildman–Crippen MR) is 73.6 cm³/mol. The largest absolute Gasteiger partial charge is 0.478 e. The molecule has 0 saturated carbocycles. The van der Waals surface area contributed by atoms with Gasteiger partial charge in [0.15, 0.2) is 0 Å². The number of anilines is 1. The van der Waals surface area contributed by atoms with Gasteiger partial charge in [-0.15, -0.1) is 0 Å². The molecule has 1 aromatic rings. The highest BCUT2D eigenvalue weighted by atomic mass is 79.9. The molecular formula is C12H13BrF3N3O2. The fourth-order valence-electron chi connectivity index (χ4n) is 2.21. The van der Waals surface area contributed by atoms with Crippen molar-refractivity contribution in [1.82, 2.24) is 9.88 Å². The topological polar surface area (TPSA) is 56.7 Å². The van der Waals surface area contributed by atoms with Crippen molar-refractivity contribution in [2.75, 3.05) is 37.6 Å². The summed E-state index contributed by atoms with van der Waals surface area (Å²) in [5.41, 5.74) is 0.0358. The van der Waals surface area contributed by atoms with Crippen molar-refractivity contribution in [3.63, 3.8) is 0 Å². The van der Waals surface area contributed by atoms with Gasteiger partial charge in [-0.1, -0.05) is 0 Å². The fraction of sp³-hybridized carbons (Fsp3) is 0.500. The second kappa shape index (κ2) is 6.18. The van der Waals surface area contributed by atoms with Crippen LogP contribution in [0.1, 0.15) is 10.4 Å². The van der Waals surface area contributed by atoms with Crippen LogP contribution in [0.4, 0.5) is 19.0 Å². The van der Waals surface area contributed by atoms with Crippen molar-refractivity contribution in [3.05, 3.63) is 22.3 Å². The van der Waals surface area contributed by atoms with Gasteiger partial charge in [0.05, 0.1) is 6.54 Å². The lowest BCUT2D eigenvalue weighted by atomic mass is 10.2. The molecule has 0 amide bonds. The van der Waals surface area contributed by atoms with Crippen LogP contribution in [-0.2, 0) is 0 Å². The van der Waals surface area contributed by atoms with Crippen molar-refractivity contribution in [2.24, 2.45) is 0 Å². The first-order valence-electron chi connectivity index (χ1n) is 6.19. The molecule has 0 aliphatic carbocycles. The highest BCUT2D eigenvalue weighted by Crippen LogP contribution is 2.24. The number of carboxylic acid groups (broad SMARTS) is 1. The highest BCUT2D eigenvalue weighted by Gasteiger charge is 2.32. The van der Waals surface area contributed by atoms with E-state index in [4.69, 9.17) is 0 Å². The summed E-state index contributed by atoms with van der Waals surface area (Å²) in [6.45, 7) is 0.114. The van der Waals surface area contributed by atoms with Crippen LogP contribution < -0.4 is 4.90 Å². The number of carbonyl (C=O) groups is 1. The molecule has 1 N–H and O–H groups in total. The average molecular weight is 368 g/mol. The molecule has 0 bridgehead atoms. The van der Waals surface area contributed by atoms with Gasteiger partial charge in [0.2, 0.25) is 0 Å². The Labute approximate surface area is 127 Å². The van der Waals surface area contributed by atoms with Gasteiger partial charge in [-0.05, 0) is 22.0 Å². The van der Waals surface area contributed by atoms with Crippen LogP contribution >= 0.6 is 15.9 Å². The summed E-state index contributed by atoms with van der Waals surface area (Å²) in [7, 11) is 0. The van der Waals surface area contributed by atoms with E-state index in [0.717, 1.165) is 0 Å². The zero-order valence-corrected chi connectivity index (χ0v) is 12.5. The van der Waals surface area contributed by atoms with Crippen LogP contribution in [0.25, 0.3) is 0 Å². The Morgan fingerprint density at radius 1 is 1.33 bits per heavy atom. The number of alkyl halides is 3. The van der Waals surface area contributed by atoms with Crippen molar-refractivity contribution in [1.29, 1.82) is 0 Å². The van der Waals surface area contributed by atoms with Gasteiger partial charge in [-0.2, -0.15) is 13.2 Å². The summed E-state index contributed by atoms with van der Waals surface area (Å²) >= 11 is 3.15. The number of hydrogen-bond donors (Lipinski definition) is 1. The Morgan fingerprint density at radius 2 is 1.95 bits per heavy atom. The standard InChI is InChI=1S/C12H13BrF3N3O2/c13-8-5-9(11(20)21)10(17-6-8)19-3-1-18(2-4-19)7-12(14,15)16/h5-6H,1-4,7H2,(H,20,21). The Hall–Kier alpha value is -1.35. The highest BCUT2D eigenvalue weighted by molar-refractivity contribution is 9.10. The van der Waals surface area contributed by atoms with Crippen LogP contribution in [0, 0.1) is 0 Å². The smallest absolute Gasteiger partial charge is 0.401 e. The van der Waals surface area contributed by atoms with Crippen LogP contribution in [0.5, 0.6) is 0 Å². The van der Waals surface area contributed by atoms with Gasteiger partial charge in [-0.3, -0.25) is 4.90 Å². The number of hydrogen-bond acceptors (Lipinski definition) is 4. The Morgan fingerprint density at radius 3 is 2.48 bits per heavy atom. The average Bonchev–Trinajstić information content (AvgIpc) is 2.38. The lowest BCUT2D eigenvalue weighted by Crippen LogP contribution is -2.49. The fourth-order valence-corrected chi connectivity index (χ4v) is 2.54. The van der Waals surface area contributed by atoms with Crippen molar-refractivity contribution < 1.29 is 23.1 Å². The first-order chi connectivity index (χ1) is 9.76. The van der Waals surface area contributed by atoms with E-state index in [1.165, 1.54) is 17.2 Å². The van der Waals surface area contributed by atoms with Gasteiger partial charge in [-0.25, -0.2) is 9.78 Å². The van der Waals surface area contributed by atoms with Gasteiger partial charge >= 0.3 is 12.1 Å². The Kier molecular flexibility index (Phi) is 4.72. The predicted octanol–water partition coefficient (Wildman–Crippen LogP) is 2.23. The normalized spacial score (nSPS) is 17.0.